The van der Waals surface area contributed by atoms with Gasteiger partial charge in [-0.3, -0.25) is 0 Å². The van der Waals surface area contributed by atoms with Gasteiger partial charge in [-0.15, -0.1) is 0 Å². The van der Waals surface area contributed by atoms with Crippen LogP contribution in [0.25, 0.3) is 0 Å². The van der Waals surface area contributed by atoms with Crippen molar-refractivity contribution in [3.05, 3.63) is 18.2 Å². The third-order valence-electron chi connectivity index (χ3n) is 3.68. The molecule has 1 aromatic heterocycles. The Balaban J connectivity index is 1.91. The molecule has 0 bridgehead atoms. The quantitative estimate of drug-likeness (QED) is 0.850. The Kier molecular flexibility index (Phi) is 4.60. The lowest BCUT2D eigenvalue weighted by molar-refractivity contribution is 0.430. The van der Waals surface area contributed by atoms with Crippen molar-refractivity contribution in [3.63, 3.8) is 0 Å². The van der Waals surface area contributed by atoms with Crippen LogP contribution in [0.2, 0.25) is 0 Å². The summed E-state index contributed by atoms with van der Waals surface area (Å²) in [7, 11) is 0. The molecule has 0 saturated carbocycles. The molecule has 0 aromatic carbocycles. The second-order valence-electron chi connectivity index (χ2n) is 5.57. The van der Waals surface area contributed by atoms with Gasteiger partial charge in [-0.2, -0.15) is 0 Å². The van der Waals surface area contributed by atoms with E-state index in [1.165, 1.54) is 31.4 Å². The van der Waals surface area contributed by atoms with Gasteiger partial charge in [0.05, 0.1) is 6.33 Å². The van der Waals surface area contributed by atoms with Gasteiger partial charge in [-0.05, 0) is 44.7 Å². The summed E-state index contributed by atoms with van der Waals surface area (Å²) in [5.74, 6) is 1.53. The molecule has 0 amide bonds. The van der Waals surface area contributed by atoms with Crippen LogP contribution in [-0.2, 0) is 6.54 Å². The van der Waals surface area contributed by atoms with E-state index in [1.807, 2.05) is 6.33 Å². The minimum atomic E-state index is 0.720. The van der Waals surface area contributed by atoms with Gasteiger partial charge in [0, 0.05) is 24.4 Å². The number of nitrogens with zero attached hydrogens (tertiary/aromatic N) is 2. The zero-order chi connectivity index (χ0) is 12.1. The van der Waals surface area contributed by atoms with Crippen molar-refractivity contribution in [1.29, 1.82) is 0 Å². The maximum atomic E-state index is 4.34. The number of hydrogen-bond acceptors (Lipinski definition) is 2. The van der Waals surface area contributed by atoms with Gasteiger partial charge in [0.25, 0.3) is 0 Å². The predicted octanol–water partition coefficient (Wildman–Crippen LogP) is 2.79. The van der Waals surface area contributed by atoms with Crippen LogP contribution in [-0.4, -0.2) is 22.6 Å². The first kappa shape index (κ1) is 12.6. The van der Waals surface area contributed by atoms with Crippen molar-refractivity contribution in [2.75, 3.05) is 13.1 Å². The van der Waals surface area contributed by atoms with E-state index in [0.29, 0.717) is 0 Å². The molecule has 0 spiro atoms. The SMILES string of the molecule is CC(C)CCCn1cncc1C1CCNCC1. The molecule has 2 rings (SSSR count). The largest absolute Gasteiger partial charge is 0.334 e. The van der Waals surface area contributed by atoms with Crippen molar-refractivity contribution in [1.82, 2.24) is 14.9 Å². The summed E-state index contributed by atoms with van der Waals surface area (Å²) in [5.41, 5.74) is 1.45. The number of hydrogen-bond donors (Lipinski definition) is 1. The smallest absolute Gasteiger partial charge is 0.0948 e. The molecule has 1 aliphatic rings. The molecule has 0 unspecified atom stereocenters. The molecule has 1 aromatic rings. The Morgan fingerprint density at radius 3 is 2.88 bits per heavy atom. The lowest BCUT2D eigenvalue weighted by atomic mass is 9.95. The van der Waals surface area contributed by atoms with E-state index in [2.05, 4.69) is 34.9 Å². The molecule has 1 saturated heterocycles. The summed E-state index contributed by atoms with van der Waals surface area (Å²) in [5, 5.41) is 3.42. The van der Waals surface area contributed by atoms with Crippen LogP contribution >= 0.6 is 0 Å². The zero-order valence-electron chi connectivity index (χ0n) is 11.2. The van der Waals surface area contributed by atoms with Crippen molar-refractivity contribution in [3.8, 4) is 0 Å². The van der Waals surface area contributed by atoms with Gasteiger partial charge >= 0.3 is 0 Å². The van der Waals surface area contributed by atoms with E-state index >= 15 is 0 Å². The van der Waals surface area contributed by atoms with Crippen LogP contribution < -0.4 is 5.32 Å². The summed E-state index contributed by atoms with van der Waals surface area (Å²) in [6.07, 6.45) is 9.19. The highest BCUT2D eigenvalue weighted by molar-refractivity contribution is 5.07. The van der Waals surface area contributed by atoms with E-state index in [-0.39, 0.29) is 0 Å². The first-order valence-electron chi connectivity index (χ1n) is 6.98. The maximum absolute atomic E-state index is 4.34. The molecule has 3 heteroatoms. The lowest BCUT2D eigenvalue weighted by Gasteiger charge is -2.23. The minimum Gasteiger partial charge on any atom is -0.334 e. The molecule has 1 fully saturated rings. The van der Waals surface area contributed by atoms with E-state index < -0.39 is 0 Å². The monoisotopic (exact) mass is 235 g/mol. The number of piperidine rings is 1. The van der Waals surface area contributed by atoms with Gasteiger partial charge in [0.15, 0.2) is 0 Å². The molecule has 1 aliphatic heterocycles. The molecule has 96 valence electrons. The van der Waals surface area contributed by atoms with E-state index in [0.717, 1.165) is 31.5 Å². The summed E-state index contributed by atoms with van der Waals surface area (Å²) < 4.78 is 2.37. The Labute approximate surface area is 105 Å². The first-order valence-corrected chi connectivity index (χ1v) is 6.98. The number of imidazole rings is 1. The highest BCUT2D eigenvalue weighted by atomic mass is 15.0. The highest BCUT2D eigenvalue weighted by Crippen LogP contribution is 2.25. The fourth-order valence-corrected chi connectivity index (χ4v) is 2.65. The summed E-state index contributed by atoms with van der Waals surface area (Å²) in [6, 6.07) is 0. The van der Waals surface area contributed by atoms with Crippen molar-refractivity contribution in [2.45, 2.75) is 52.0 Å². The van der Waals surface area contributed by atoms with Crippen LogP contribution in [0.4, 0.5) is 0 Å². The van der Waals surface area contributed by atoms with Gasteiger partial charge in [0.2, 0.25) is 0 Å². The van der Waals surface area contributed by atoms with Gasteiger partial charge in [-0.25, -0.2) is 4.98 Å². The van der Waals surface area contributed by atoms with E-state index in [4.69, 9.17) is 0 Å². The second-order valence-corrected chi connectivity index (χ2v) is 5.57. The third kappa shape index (κ3) is 3.56. The summed E-state index contributed by atoms with van der Waals surface area (Å²) >= 11 is 0. The Hall–Kier alpha value is -0.830. The standard InChI is InChI=1S/C14H25N3/c1-12(2)4-3-9-17-11-16-10-14(17)13-5-7-15-8-6-13/h10-13,15H,3-9H2,1-2H3. The van der Waals surface area contributed by atoms with Crippen LogP contribution in [0.3, 0.4) is 0 Å². The Morgan fingerprint density at radius 2 is 2.18 bits per heavy atom. The normalized spacial score (nSPS) is 17.8. The van der Waals surface area contributed by atoms with Crippen molar-refractivity contribution in [2.24, 2.45) is 5.92 Å². The van der Waals surface area contributed by atoms with E-state index in [1.54, 1.807) is 0 Å². The average Bonchev–Trinajstić information content (AvgIpc) is 2.78. The predicted molar refractivity (Wildman–Crippen MR) is 71.1 cm³/mol. The molecule has 17 heavy (non-hydrogen) atoms. The van der Waals surface area contributed by atoms with Gasteiger partial charge < -0.3 is 9.88 Å². The molecule has 1 N–H and O–H groups in total. The highest BCUT2D eigenvalue weighted by Gasteiger charge is 2.18. The van der Waals surface area contributed by atoms with Crippen LogP contribution in [0, 0.1) is 5.92 Å². The lowest BCUT2D eigenvalue weighted by Crippen LogP contribution is -2.27. The summed E-state index contributed by atoms with van der Waals surface area (Å²) in [4.78, 5) is 4.34. The number of rotatable bonds is 5. The average molecular weight is 235 g/mol. The Bertz CT molecular complexity index is 324. The first-order chi connectivity index (χ1) is 8.27. The summed E-state index contributed by atoms with van der Waals surface area (Å²) in [6.45, 7) is 8.03. The van der Waals surface area contributed by atoms with Crippen LogP contribution in [0.15, 0.2) is 12.5 Å². The van der Waals surface area contributed by atoms with Gasteiger partial charge in [0.1, 0.15) is 0 Å². The molecule has 0 atom stereocenters. The zero-order valence-corrected chi connectivity index (χ0v) is 11.2. The maximum Gasteiger partial charge on any atom is 0.0948 e. The van der Waals surface area contributed by atoms with Crippen molar-refractivity contribution >= 4 is 0 Å². The minimum absolute atomic E-state index is 0.720. The van der Waals surface area contributed by atoms with E-state index in [9.17, 15) is 0 Å². The van der Waals surface area contributed by atoms with Crippen LogP contribution in [0.5, 0.6) is 0 Å². The molecule has 2 heterocycles. The second kappa shape index (κ2) is 6.20. The number of nitrogens with one attached hydrogen (secondary N) is 1. The number of aryl methyl sites for hydroxylation is 1. The number of aromatic nitrogens is 2. The van der Waals surface area contributed by atoms with Crippen LogP contribution in [0.1, 0.15) is 51.1 Å². The molecule has 3 nitrogen and oxygen atoms in total. The third-order valence-corrected chi connectivity index (χ3v) is 3.68. The fourth-order valence-electron chi connectivity index (χ4n) is 2.65. The van der Waals surface area contributed by atoms with Gasteiger partial charge in [-0.1, -0.05) is 13.8 Å². The molecule has 0 aliphatic carbocycles. The molecule has 0 radical (unpaired) electrons. The fraction of sp³-hybridized carbons (Fsp3) is 0.786. The topological polar surface area (TPSA) is 29.9 Å². The molecular weight excluding hydrogens is 210 g/mol. The van der Waals surface area contributed by atoms with Crippen molar-refractivity contribution < 1.29 is 0 Å². The molecular formula is C14H25N3. The Morgan fingerprint density at radius 1 is 1.41 bits per heavy atom.